The molecule has 128 valence electrons. The molecule has 0 saturated heterocycles. The molecule has 0 atom stereocenters. The lowest BCUT2D eigenvalue weighted by molar-refractivity contribution is -0.118. The minimum Gasteiger partial charge on any atom is -0.381 e. The monoisotopic (exact) mass is 337 g/mol. The third kappa shape index (κ3) is 3.77. The van der Waals surface area contributed by atoms with Gasteiger partial charge in [0.25, 0.3) is 5.91 Å². The quantitative estimate of drug-likeness (QED) is 0.637. The van der Waals surface area contributed by atoms with Gasteiger partial charge in [-0.05, 0) is 35.9 Å². The zero-order valence-electron chi connectivity index (χ0n) is 13.8. The number of benzene rings is 1. The predicted molar refractivity (Wildman–Crippen MR) is 96.0 cm³/mol. The molecule has 0 aliphatic rings. The van der Waals surface area contributed by atoms with Crippen LogP contribution in [0.25, 0.3) is 11.0 Å². The van der Waals surface area contributed by atoms with Crippen LogP contribution in [0, 0.1) is 0 Å². The Hall–Kier alpha value is -3.35. The van der Waals surface area contributed by atoms with Gasteiger partial charge in [0.1, 0.15) is 5.65 Å². The maximum Gasteiger partial charge on any atom is 0.254 e. The minimum absolute atomic E-state index is 0.112. The molecule has 0 spiro atoms. The van der Waals surface area contributed by atoms with Crippen LogP contribution in [0.3, 0.4) is 0 Å². The van der Waals surface area contributed by atoms with E-state index in [0.29, 0.717) is 12.1 Å². The smallest absolute Gasteiger partial charge is 0.254 e. The second-order valence-corrected chi connectivity index (χ2v) is 5.77. The van der Waals surface area contributed by atoms with Crippen molar-refractivity contribution < 1.29 is 9.59 Å². The van der Waals surface area contributed by atoms with Crippen LogP contribution in [0.1, 0.15) is 15.9 Å². The second-order valence-electron chi connectivity index (χ2n) is 5.77. The number of hydrogen-bond donors (Lipinski definition) is 3. The first-order chi connectivity index (χ1) is 12.0. The first-order valence-corrected chi connectivity index (χ1v) is 7.83. The van der Waals surface area contributed by atoms with Gasteiger partial charge in [0.15, 0.2) is 0 Å². The molecule has 3 rings (SSSR count). The van der Waals surface area contributed by atoms with Gasteiger partial charge in [-0.2, -0.15) is 0 Å². The van der Waals surface area contributed by atoms with Crippen molar-refractivity contribution in [1.82, 2.24) is 14.9 Å². The molecule has 0 bridgehead atoms. The van der Waals surface area contributed by atoms with Gasteiger partial charge in [-0.3, -0.25) is 9.59 Å². The summed E-state index contributed by atoms with van der Waals surface area (Å²) in [6, 6.07) is 11.1. The van der Waals surface area contributed by atoms with E-state index in [-0.39, 0.29) is 12.5 Å². The van der Waals surface area contributed by atoms with Crippen molar-refractivity contribution in [2.75, 3.05) is 18.9 Å². The van der Waals surface area contributed by atoms with Crippen LogP contribution < -0.4 is 11.1 Å². The van der Waals surface area contributed by atoms with Crippen molar-refractivity contribution in [3.8, 4) is 0 Å². The van der Waals surface area contributed by atoms with Crippen molar-refractivity contribution in [3.05, 3.63) is 59.9 Å². The van der Waals surface area contributed by atoms with E-state index >= 15 is 0 Å². The highest BCUT2D eigenvalue weighted by Crippen LogP contribution is 2.18. The number of carbonyl (C=O) groups is 2. The average molecular weight is 337 g/mol. The summed E-state index contributed by atoms with van der Waals surface area (Å²) in [7, 11) is 1.55. The summed E-state index contributed by atoms with van der Waals surface area (Å²) in [5.74, 6) is -0.794. The fourth-order valence-electron chi connectivity index (χ4n) is 2.66. The summed E-state index contributed by atoms with van der Waals surface area (Å²) in [6.07, 6.45) is 3.61. The Balaban J connectivity index is 1.72. The molecule has 0 unspecified atom stereocenters. The summed E-state index contributed by atoms with van der Waals surface area (Å²) in [6.45, 7) is 0.491. The number of likely N-dealkylation sites (N-methyl/N-ethyl adjacent to an activating group) is 1. The Labute approximate surface area is 144 Å². The number of primary amides is 1. The van der Waals surface area contributed by atoms with Gasteiger partial charge in [0.2, 0.25) is 5.91 Å². The lowest BCUT2D eigenvalue weighted by Gasteiger charge is -2.16. The lowest BCUT2D eigenvalue weighted by Crippen LogP contribution is -2.35. The van der Waals surface area contributed by atoms with Gasteiger partial charge >= 0.3 is 0 Å². The van der Waals surface area contributed by atoms with E-state index in [1.807, 2.05) is 24.4 Å². The molecule has 4 N–H and O–H groups in total. The number of carbonyl (C=O) groups excluding carboxylic acids is 2. The maximum absolute atomic E-state index is 12.3. The number of pyridine rings is 1. The van der Waals surface area contributed by atoms with E-state index in [0.717, 1.165) is 22.3 Å². The van der Waals surface area contributed by atoms with Gasteiger partial charge in [-0.25, -0.2) is 4.98 Å². The van der Waals surface area contributed by atoms with Crippen LogP contribution in [0.5, 0.6) is 0 Å². The minimum atomic E-state index is -0.543. The number of H-pyrrole nitrogens is 1. The first-order valence-electron chi connectivity index (χ1n) is 7.83. The number of aromatic amines is 1. The summed E-state index contributed by atoms with van der Waals surface area (Å²) in [5, 5.41) is 4.37. The van der Waals surface area contributed by atoms with Crippen LogP contribution in [0.2, 0.25) is 0 Å². The molecule has 0 saturated carbocycles. The average Bonchev–Trinajstić information content (AvgIpc) is 3.08. The number of aromatic nitrogens is 2. The Morgan fingerprint density at radius 3 is 2.92 bits per heavy atom. The number of nitrogens with two attached hydrogens (primary N) is 1. The van der Waals surface area contributed by atoms with Crippen LogP contribution in [0.4, 0.5) is 5.69 Å². The number of fused-ring (bicyclic) bond motifs is 1. The SMILES string of the molecule is CN(CC(N)=O)C(=O)c1cccc(NCc2ccnc3[nH]ccc23)c1. The molecule has 7 heteroatoms. The van der Waals surface area contributed by atoms with Crippen molar-refractivity contribution in [2.45, 2.75) is 6.54 Å². The topological polar surface area (TPSA) is 104 Å². The molecule has 3 aromatic rings. The first kappa shape index (κ1) is 16.5. The maximum atomic E-state index is 12.3. The fourth-order valence-corrected chi connectivity index (χ4v) is 2.66. The van der Waals surface area contributed by atoms with E-state index in [2.05, 4.69) is 15.3 Å². The fraction of sp³-hybridized carbons (Fsp3) is 0.167. The largest absolute Gasteiger partial charge is 0.381 e. The van der Waals surface area contributed by atoms with Crippen LogP contribution in [-0.4, -0.2) is 40.3 Å². The van der Waals surface area contributed by atoms with Crippen LogP contribution in [0.15, 0.2) is 48.8 Å². The van der Waals surface area contributed by atoms with Gasteiger partial charge in [-0.15, -0.1) is 0 Å². The molecule has 2 aromatic heterocycles. The zero-order chi connectivity index (χ0) is 17.8. The number of nitrogens with zero attached hydrogens (tertiary/aromatic N) is 2. The van der Waals surface area contributed by atoms with Crippen molar-refractivity contribution in [2.24, 2.45) is 5.73 Å². The predicted octanol–water partition coefficient (Wildman–Crippen LogP) is 1.73. The molecule has 0 radical (unpaired) electrons. The van der Waals surface area contributed by atoms with Crippen molar-refractivity contribution >= 4 is 28.5 Å². The van der Waals surface area contributed by atoms with Crippen LogP contribution in [-0.2, 0) is 11.3 Å². The molecule has 0 fully saturated rings. The van der Waals surface area contributed by atoms with Crippen molar-refractivity contribution in [3.63, 3.8) is 0 Å². The molecule has 0 aliphatic carbocycles. The molecule has 1 aromatic carbocycles. The number of anilines is 1. The summed E-state index contributed by atoms with van der Waals surface area (Å²) in [5.41, 5.74) is 8.40. The zero-order valence-corrected chi connectivity index (χ0v) is 13.8. The van der Waals surface area contributed by atoms with E-state index in [9.17, 15) is 9.59 Å². The molecular weight excluding hydrogens is 318 g/mol. The third-order valence-electron chi connectivity index (χ3n) is 3.88. The van der Waals surface area contributed by atoms with Gasteiger partial charge in [-0.1, -0.05) is 6.07 Å². The number of amides is 2. The Morgan fingerprint density at radius 2 is 2.12 bits per heavy atom. The van der Waals surface area contributed by atoms with E-state index < -0.39 is 5.91 Å². The van der Waals surface area contributed by atoms with E-state index in [1.165, 1.54) is 4.90 Å². The Kier molecular flexibility index (Phi) is 4.65. The molecule has 25 heavy (non-hydrogen) atoms. The molecule has 2 amide bonds. The normalized spacial score (nSPS) is 10.6. The molecule has 7 nitrogen and oxygen atoms in total. The molecular formula is C18H19N5O2. The van der Waals surface area contributed by atoms with E-state index in [1.54, 1.807) is 31.4 Å². The van der Waals surface area contributed by atoms with Gasteiger partial charge in [0, 0.05) is 42.6 Å². The second kappa shape index (κ2) is 7.04. The van der Waals surface area contributed by atoms with Gasteiger partial charge < -0.3 is 20.9 Å². The number of hydrogen-bond acceptors (Lipinski definition) is 4. The standard InChI is InChI=1S/C18H19N5O2/c1-23(11-16(19)24)18(25)12-3-2-4-14(9-12)22-10-13-5-7-20-17-15(13)6-8-21-17/h2-9,22H,10-11H2,1H3,(H2,19,24)(H,20,21). The summed E-state index contributed by atoms with van der Waals surface area (Å²) in [4.78, 5) is 31.9. The summed E-state index contributed by atoms with van der Waals surface area (Å²) >= 11 is 0. The number of nitrogens with one attached hydrogen (secondary N) is 2. The van der Waals surface area contributed by atoms with Gasteiger partial charge in [0.05, 0.1) is 6.54 Å². The summed E-state index contributed by atoms with van der Waals surface area (Å²) < 4.78 is 0. The highest BCUT2D eigenvalue weighted by molar-refractivity contribution is 5.96. The van der Waals surface area contributed by atoms with Crippen LogP contribution >= 0.6 is 0 Å². The number of rotatable bonds is 6. The molecule has 0 aliphatic heterocycles. The lowest BCUT2D eigenvalue weighted by atomic mass is 10.1. The Bertz CT molecular complexity index is 918. The third-order valence-corrected chi connectivity index (χ3v) is 3.88. The molecule has 2 heterocycles. The highest BCUT2D eigenvalue weighted by atomic mass is 16.2. The van der Waals surface area contributed by atoms with Crippen molar-refractivity contribution in [1.29, 1.82) is 0 Å². The highest BCUT2D eigenvalue weighted by Gasteiger charge is 2.13. The Morgan fingerprint density at radius 1 is 1.28 bits per heavy atom. The van der Waals surface area contributed by atoms with E-state index in [4.69, 9.17) is 5.73 Å².